The molecule has 3 N–H and O–H groups in total. The minimum Gasteiger partial charge on any atom is -0.376 e. The predicted octanol–water partition coefficient (Wildman–Crippen LogP) is 2.04. The van der Waals surface area contributed by atoms with Crippen LogP contribution in [0.15, 0.2) is 18.3 Å². The molecule has 1 spiro atoms. The van der Waals surface area contributed by atoms with Gasteiger partial charge < -0.3 is 20.3 Å². The van der Waals surface area contributed by atoms with Gasteiger partial charge in [0.1, 0.15) is 6.07 Å². The highest BCUT2D eigenvalue weighted by atomic mass is 16.5. The number of anilines is 3. The minimum atomic E-state index is 0.0110. The largest absolute Gasteiger partial charge is 0.376 e. The molecule has 3 aliphatic heterocycles. The molecule has 3 aromatic heterocycles. The molecule has 33 heavy (non-hydrogen) atoms. The molecule has 2 atom stereocenters. The van der Waals surface area contributed by atoms with E-state index in [9.17, 15) is 5.26 Å². The van der Waals surface area contributed by atoms with Crippen molar-refractivity contribution in [2.24, 2.45) is 11.1 Å². The van der Waals surface area contributed by atoms with E-state index < -0.39 is 0 Å². The molecule has 6 heterocycles. The van der Waals surface area contributed by atoms with Gasteiger partial charge in [-0.3, -0.25) is 10.1 Å². The second-order valence-corrected chi connectivity index (χ2v) is 9.37. The first kappa shape index (κ1) is 20.3. The van der Waals surface area contributed by atoms with E-state index in [0.717, 1.165) is 56.7 Å². The first-order valence-corrected chi connectivity index (χ1v) is 11.6. The number of piperidine rings is 1. The van der Waals surface area contributed by atoms with E-state index in [1.54, 1.807) is 0 Å². The van der Waals surface area contributed by atoms with Gasteiger partial charge in [0, 0.05) is 37.3 Å². The Morgan fingerprint density at radius 1 is 1.24 bits per heavy atom. The summed E-state index contributed by atoms with van der Waals surface area (Å²) in [4.78, 5) is 18.3. The molecule has 0 aliphatic carbocycles. The van der Waals surface area contributed by atoms with E-state index in [4.69, 9.17) is 20.4 Å². The van der Waals surface area contributed by atoms with Crippen molar-refractivity contribution in [3.8, 4) is 6.07 Å². The van der Waals surface area contributed by atoms with E-state index in [-0.39, 0.29) is 17.6 Å². The highest BCUT2D eigenvalue weighted by Crippen LogP contribution is 2.42. The van der Waals surface area contributed by atoms with Gasteiger partial charge in [-0.2, -0.15) is 10.4 Å². The SMILES string of the molecule is C[C@@H]1OCC2(CCN(c3nc4[nH]nc(N5CCCc6ncccc65)c4nc3C#N)CC2)[C@@H]1N. The van der Waals surface area contributed by atoms with Gasteiger partial charge in [0.05, 0.1) is 24.1 Å². The van der Waals surface area contributed by atoms with E-state index in [1.165, 1.54) is 0 Å². The highest BCUT2D eigenvalue weighted by molar-refractivity contribution is 5.88. The van der Waals surface area contributed by atoms with Crippen molar-refractivity contribution in [1.82, 2.24) is 25.1 Å². The molecule has 3 aromatic rings. The lowest BCUT2D eigenvalue weighted by molar-refractivity contribution is 0.0974. The predicted molar refractivity (Wildman–Crippen MR) is 123 cm³/mol. The van der Waals surface area contributed by atoms with Gasteiger partial charge in [-0.25, -0.2) is 9.97 Å². The van der Waals surface area contributed by atoms with Crippen LogP contribution in [0.25, 0.3) is 11.2 Å². The number of nitriles is 1. The van der Waals surface area contributed by atoms with Crippen molar-refractivity contribution < 1.29 is 4.74 Å². The van der Waals surface area contributed by atoms with Crippen molar-refractivity contribution in [2.75, 3.05) is 36.0 Å². The monoisotopic (exact) mass is 445 g/mol. The first-order valence-electron chi connectivity index (χ1n) is 11.6. The molecular formula is C23H27N9O. The Morgan fingerprint density at radius 3 is 2.85 bits per heavy atom. The van der Waals surface area contributed by atoms with Crippen molar-refractivity contribution >= 4 is 28.5 Å². The summed E-state index contributed by atoms with van der Waals surface area (Å²) in [6.45, 7) is 5.11. The van der Waals surface area contributed by atoms with Crippen LogP contribution in [0.3, 0.4) is 0 Å². The molecule has 0 aromatic carbocycles. The number of aromatic nitrogens is 5. The summed E-state index contributed by atoms with van der Waals surface area (Å²) in [6, 6.07) is 6.29. The summed E-state index contributed by atoms with van der Waals surface area (Å²) >= 11 is 0. The molecule has 0 saturated carbocycles. The minimum absolute atomic E-state index is 0.0110. The van der Waals surface area contributed by atoms with Gasteiger partial charge >= 0.3 is 0 Å². The molecule has 0 bridgehead atoms. The topological polar surface area (TPSA) is 133 Å². The van der Waals surface area contributed by atoms with Crippen molar-refractivity contribution in [2.45, 2.75) is 44.8 Å². The smallest absolute Gasteiger partial charge is 0.184 e. The average Bonchev–Trinajstić information content (AvgIpc) is 3.39. The number of nitrogens with one attached hydrogen (secondary N) is 1. The lowest BCUT2D eigenvalue weighted by Gasteiger charge is -2.41. The van der Waals surface area contributed by atoms with Gasteiger partial charge in [0.25, 0.3) is 0 Å². The third kappa shape index (κ3) is 3.14. The lowest BCUT2D eigenvalue weighted by atomic mass is 9.73. The molecule has 10 heteroatoms. The Bertz CT molecular complexity index is 1240. The number of nitrogens with two attached hydrogens (primary N) is 1. The maximum atomic E-state index is 9.91. The van der Waals surface area contributed by atoms with Crippen LogP contribution >= 0.6 is 0 Å². The van der Waals surface area contributed by atoms with Crippen molar-refractivity contribution in [3.05, 3.63) is 29.7 Å². The maximum absolute atomic E-state index is 9.91. The summed E-state index contributed by atoms with van der Waals surface area (Å²) < 4.78 is 5.84. The van der Waals surface area contributed by atoms with E-state index in [1.807, 2.05) is 19.2 Å². The molecule has 0 radical (unpaired) electrons. The normalized spacial score (nSPS) is 24.3. The number of hydrogen-bond acceptors (Lipinski definition) is 9. The average molecular weight is 446 g/mol. The Balaban J connectivity index is 1.32. The Kier molecular flexibility index (Phi) is 4.71. The van der Waals surface area contributed by atoms with Gasteiger partial charge in [-0.15, -0.1) is 0 Å². The standard InChI is InChI=1S/C23H27N9O/c1-14-19(25)23(13-33-14)6-10-31(11-7-23)21-16(12-24)27-18-20(28-21)29-30-22(18)32-9-3-4-15-17(32)5-2-8-26-15/h2,5,8,14,19H,3-4,6-7,9-11,13,25H2,1H3,(H,28,29,30)/t14-,19+/m0/s1. The summed E-state index contributed by atoms with van der Waals surface area (Å²) in [5.74, 6) is 1.30. The van der Waals surface area contributed by atoms with Crippen LogP contribution in [0.5, 0.6) is 0 Å². The zero-order valence-corrected chi connectivity index (χ0v) is 18.7. The first-order chi connectivity index (χ1) is 16.1. The lowest BCUT2D eigenvalue weighted by Crippen LogP contribution is -2.50. The van der Waals surface area contributed by atoms with Crippen LogP contribution in [0.1, 0.15) is 37.6 Å². The third-order valence-corrected chi connectivity index (χ3v) is 7.58. The van der Waals surface area contributed by atoms with Crippen LogP contribution in [0.2, 0.25) is 0 Å². The van der Waals surface area contributed by atoms with E-state index in [2.05, 4.69) is 37.1 Å². The molecule has 10 nitrogen and oxygen atoms in total. The summed E-state index contributed by atoms with van der Waals surface area (Å²) in [5, 5.41) is 17.5. The van der Waals surface area contributed by atoms with Crippen LogP contribution in [0.4, 0.5) is 17.3 Å². The quantitative estimate of drug-likeness (QED) is 0.608. The Morgan fingerprint density at radius 2 is 2.09 bits per heavy atom. The summed E-state index contributed by atoms with van der Waals surface area (Å²) in [6.07, 6.45) is 5.65. The zero-order valence-electron chi connectivity index (χ0n) is 18.7. The van der Waals surface area contributed by atoms with E-state index >= 15 is 0 Å². The number of fused-ring (bicyclic) bond motifs is 2. The molecular weight excluding hydrogens is 418 g/mol. The van der Waals surface area contributed by atoms with Crippen molar-refractivity contribution in [3.63, 3.8) is 0 Å². The van der Waals surface area contributed by atoms with Crippen LogP contribution in [-0.4, -0.2) is 63.5 Å². The fourth-order valence-electron chi connectivity index (χ4n) is 5.55. The number of rotatable bonds is 2. The fourth-order valence-corrected chi connectivity index (χ4v) is 5.55. The number of hydrogen-bond donors (Lipinski definition) is 2. The second kappa shape index (κ2) is 7.64. The van der Waals surface area contributed by atoms with Gasteiger partial charge in [-0.1, -0.05) is 0 Å². The van der Waals surface area contributed by atoms with E-state index in [0.29, 0.717) is 35.1 Å². The number of pyridine rings is 1. The second-order valence-electron chi connectivity index (χ2n) is 9.37. The van der Waals surface area contributed by atoms with Gasteiger partial charge in [-0.05, 0) is 44.7 Å². The molecule has 2 saturated heterocycles. The molecule has 0 amide bonds. The fraction of sp³-hybridized carbons (Fsp3) is 0.522. The number of H-pyrrole nitrogens is 1. The maximum Gasteiger partial charge on any atom is 0.184 e. The summed E-state index contributed by atoms with van der Waals surface area (Å²) in [7, 11) is 0. The van der Waals surface area contributed by atoms with Crippen LogP contribution < -0.4 is 15.5 Å². The van der Waals surface area contributed by atoms with Gasteiger partial charge in [0.2, 0.25) is 0 Å². The number of nitrogens with zero attached hydrogens (tertiary/aromatic N) is 7. The molecule has 170 valence electrons. The third-order valence-electron chi connectivity index (χ3n) is 7.58. The highest BCUT2D eigenvalue weighted by Gasteiger charge is 2.47. The van der Waals surface area contributed by atoms with Crippen LogP contribution in [-0.2, 0) is 11.2 Å². The number of aryl methyl sites for hydroxylation is 1. The molecule has 0 unspecified atom stereocenters. The summed E-state index contributed by atoms with van der Waals surface area (Å²) in [5.41, 5.74) is 10.1. The molecule has 3 aliphatic rings. The number of ether oxygens (including phenoxy) is 1. The molecule has 2 fully saturated rings. The zero-order chi connectivity index (χ0) is 22.6. The van der Waals surface area contributed by atoms with Crippen molar-refractivity contribution in [1.29, 1.82) is 5.26 Å². The van der Waals surface area contributed by atoms with Gasteiger partial charge in [0.15, 0.2) is 28.5 Å². The Labute approximate surface area is 191 Å². The Hall–Kier alpha value is -3.29. The molecule has 6 rings (SSSR count). The van der Waals surface area contributed by atoms with Crippen LogP contribution in [0, 0.1) is 16.7 Å². The number of aromatic amines is 1.